The first-order valence-electron chi connectivity index (χ1n) is 5.03. The van der Waals surface area contributed by atoms with Gasteiger partial charge in [0, 0.05) is 18.2 Å². The van der Waals surface area contributed by atoms with Crippen LogP contribution in [-0.2, 0) is 4.79 Å². The van der Waals surface area contributed by atoms with Crippen molar-refractivity contribution in [3.05, 3.63) is 30.3 Å². The van der Waals surface area contributed by atoms with Crippen molar-refractivity contribution in [2.45, 2.75) is 6.92 Å². The number of carbonyl (C=O) groups is 1. The summed E-state index contributed by atoms with van der Waals surface area (Å²) >= 11 is 0. The first-order chi connectivity index (χ1) is 7.66. The summed E-state index contributed by atoms with van der Waals surface area (Å²) < 4.78 is 10.8. The molecule has 1 aromatic rings. The Morgan fingerprint density at radius 2 is 2.00 bits per heavy atom. The molecule has 0 spiro atoms. The van der Waals surface area contributed by atoms with E-state index in [1.54, 1.807) is 0 Å². The van der Waals surface area contributed by atoms with Gasteiger partial charge in [-0.15, -0.1) is 0 Å². The lowest BCUT2D eigenvalue weighted by Gasteiger charge is -2.19. The van der Waals surface area contributed by atoms with Crippen molar-refractivity contribution in [2.24, 2.45) is 0 Å². The molecule has 84 valence electrons. The Hall–Kier alpha value is -1.97. The molecule has 0 saturated heterocycles. The fraction of sp³-hybridized carbons (Fsp3) is 0.250. The number of nitrogens with one attached hydrogen (secondary N) is 1. The van der Waals surface area contributed by atoms with Crippen molar-refractivity contribution < 1.29 is 14.3 Å². The maximum absolute atomic E-state index is 10.9. The first kappa shape index (κ1) is 10.5. The maximum Gasteiger partial charge on any atom is 0.221 e. The van der Waals surface area contributed by atoms with E-state index in [9.17, 15) is 4.79 Å². The van der Waals surface area contributed by atoms with Crippen molar-refractivity contribution in [1.82, 2.24) is 5.32 Å². The molecular formula is C12H13NO3. The average molecular weight is 219 g/mol. The fourth-order valence-electron chi connectivity index (χ4n) is 1.52. The third kappa shape index (κ3) is 2.16. The molecule has 4 heteroatoms. The van der Waals surface area contributed by atoms with E-state index in [0.29, 0.717) is 24.7 Å². The summed E-state index contributed by atoms with van der Waals surface area (Å²) in [6, 6.07) is 5.47. The van der Waals surface area contributed by atoms with Gasteiger partial charge in [-0.1, -0.05) is 6.58 Å². The zero-order valence-electron chi connectivity index (χ0n) is 9.08. The van der Waals surface area contributed by atoms with E-state index in [1.165, 1.54) is 6.92 Å². The molecule has 1 aliphatic rings. The number of benzene rings is 1. The Morgan fingerprint density at radius 1 is 1.31 bits per heavy atom. The summed E-state index contributed by atoms with van der Waals surface area (Å²) in [6.45, 7) is 6.35. The normalized spacial score (nSPS) is 13.1. The Bertz CT molecular complexity index is 440. The van der Waals surface area contributed by atoms with Crippen LogP contribution in [0.15, 0.2) is 24.8 Å². The Labute approximate surface area is 93.9 Å². The minimum absolute atomic E-state index is 0.139. The van der Waals surface area contributed by atoms with Crippen LogP contribution in [0, 0.1) is 0 Å². The van der Waals surface area contributed by atoms with Crippen LogP contribution in [0.2, 0.25) is 0 Å². The molecule has 4 nitrogen and oxygen atoms in total. The van der Waals surface area contributed by atoms with Crippen LogP contribution >= 0.6 is 0 Å². The van der Waals surface area contributed by atoms with Gasteiger partial charge in [-0.05, 0) is 18.2 Å². The molecule has 1 aromatic carbocycles. The van der Waals surface area contributed by atoms with E-state index >= 15 is 0 Å². The maximum atomic E-state index is 10.9. The zero-order chi connectivity index (χ0) is 11.5. The van der Waals surface area contributed by atoms with Gasteiger partial charge in [0.25, 0.3) is 0 Å². The van der Waals surface area contributed by atoms with Crippen LogP contribution in [0.3, 0.4) is 0 Å². The van der Waals surface area contributed by atoms with Gasteiger partial charge in [0.2, 0.25) is 5.91 Å². The van der Waals surface area contributed by atoms with Gasteiger partial charge in [0.05, 0.1) is 0 Å². The number of rotatable bonds is 2. The Kier molecular flexibility index (Phi) is 2.81. The highest BCUT2D eigenvalue weighted by Crippen LogP contribution is 2.32. The molecule has 0 bridgehead atoms. The molecule has 1 N–H and O–H groups in total. The monoisotopic (exact) mass is 219 g/mol. The fourth-order valence-corrected chi connectivity index (χ4v) is 1.52. The molecule has 0 aromatic heterocycles. The molecule has 0 aliphatic carbocycles. The lowest BCUT2D eigenvalue weighted by molar-refractivity contribution is -0.117. The topological polar surface area (TPSA) is 47.6 Å². The Balaban J connectivity index is 2.23. The van der Waals surface area contributed by atoms with Crippen LogP contribution in [0.4, 0.5) is 0 Å². The van der Waals surface area contributed by atoms with Gasteiger partial charge in [-0.3, -0.25) is 4.79 Å². The summed E-state index contributed by atoms with van der Waals surface area (Å²) in [4.78, 5) is 10.9. The van der Waals surface area contributed by atoms with Crippen LogP contribution in [-0.4, -0.2) is 19.1 Å². The smallest absolute Gasteiger partial charge is 0.221 e. The second-order valence-electron chi connectivity index (χ2n) is 3.52. The van der Waals surface area contributed by atoms with Gasteiger partial charge < -0.3 is 14.8 Å². The van der Waals surface area contributed by atoms with Crippen molar-refractivity contribution >= 4 is 11.6 Å². The molecule has 0 atom stereocenters. The van der Waals surface area contributed by atoms with E-state index in [2.05, 4.69) is 11.9 Å². The molecule has 0 fully saturated rings. The molecule has 16 heavy (non-hydrogen) atoms. The van der Waals surface area contributed by atoms with Crippen molar-refractivity contribution in [3.63, 3.8) is 0 Å². The number of amides is 1. The van der Waals surface area contributed by atoms with E-state index < -0.39 is 0 Å². The quantitative estimate of drug-likeness (QED) is 0.821. The lowest BCUT2D eigenvalue weighted by atomic mass is 10.1. The van der Waals surface area contributed by atoms with E-state index in [0.717, 1.165) is 11.3 Å². The first-order valence-corrected chi connectivity index (χ1v) is 5.03. The van der Waals surface area contributed by atoms with Crippen LogP contribution in [0.1, 0.15) is 12.5 Å². The summed E-state index contributed by atoms with van der Waals surface area (Å²) in [5.74, 6) is 1.28. The number of hydrogen-bond acceptors (Lipinski definition) is 3. The van der Waals surface area contributed by atoms with E-state index in [4.69, 9.17) is 9.47 Å². The second kappa shape index (κ2) is 4.26. The van der Waals surface area contributed by atoms with E-state index in [1.807, 2.05) is 18.2 Å². The average Bonchev–Trinajstić information content (AvgIpc) is 2.27. The molecule has 0 radical (unpaired) electrons. The summed E-state index contributed by atoms with van der Waals surface area (Å²) in [5.41, 5.74) is 1.38. The highest BCUT2D eigenvalue weighted by Gasteiger charge is 2.12. The predicted molar refractivity (Wildman–Crippen MR) is 60.3 cm³/mol. The highest BCUT2D eigenvalue weighted by atomic mass is 16.6. The number of ether oxygens (including phenoxy) is 2. The molecule has 0 unspecified atom stereocenters. The highest BCUT2D eigenvalue weighted by molar-refractivity contribution is 5.84. The molecular weight excluding hydrogens is 206 g/mol. The van der Waals surface area contributed by atoms with Crippen molar-refractivity contribution in [3.8, 4) is 11.5 Å². The number of fused-ring (bicyclic) bond motifs is 1. The van der Waals surface area contributed by atoms with Gasteiger partial charge >= 0.3 is 0 Å². The molecule has 2 rings (SSSR count). The molecule has 1 heterocycles. The third-order valence-electron chi connectivity index (χ3n) is 2.22. The number of carbonyl (C=O) groups excluding carboxylic acids is 1. The van der Waals surface area contributed by atoms with Crippen LogP contribution in [0.5, 0.6) is 11.5 Å². The van der Waals surface area contributed by atoms with Crippen molar-refractivity contribution in [2.75, 3.05) is 13.2 Å². The summed E-state index contributed by atoms with van der Waals surface area (Å²) in [6.07, 6.45) is 0. The largest absolute Gasteiger partial charge is 0.486 e. The Morgan fingerprint density at radius 3 is 2.69 bits per heavy atom. The van der Waals surface area contributed by atoms with Gasteiger partial charge in [0.1, 0.15) is 13.2 Å². The SMILES string of the molecule is C=C(NC(C)=O)c1ccc2c(c1)OCCO2. The predicted octanol–water partition coefficient (Wildman–Crippen LogP) is 1.56. The van der Waals surface area contributed by atoms with Crippen molar-refractivity contribution in [1.29, 1.82) is 0 Å². The lowest BCUT2D eigenvalue weighted by Crippen LogP contribution is -2.18. The minimum atomic E-state index is -0.139. The second-order valence-corrected chi connectivity index (χ2v) is 3.52. The third-order valence-corrected chi connectivity index (χ3v) is 2.22. The zero-order valence-corrected chi connectivity index (χ0v) is 9.08. The van der Waals surface area contributed by atoms with Gasteiger partial charge in [-0.2, -0.15) is 0 Å². The van der Waals surface area contributed by atoms with Gasteiger partial charge in [0.15, 0.2) is 11.5 Å². The summed E-state index contributed by atoms with van der Waals surface area (Å²) in [7, 11) is 0. The molecule has 1 aliphatic heterocycles. The standard InChI is InChI=1S/C12H13NO3/c1-8(13-9(2)14)10-3-4-11-12(7-10)16-6-5-15-11/h3-4,7H,1,5-6H2,2H3,(H,13,14). The minimum Gasteiger partial charge on any atom is -0.486 e. The number of hydrogen-bond donors (Lipinski definition) is 1. The van der Waals surface area contributed by atoms with Crippen LogP contribution in [0.25, 0.3) is 5.70 Å². The molecule has 1 amide bonds. The van der Waals surface area contributed by atoms with Crippen LogP contribution < -0.4 is 14.8 Å². The van der Waals surface area contributed by atoms with E-state index in [-0.39, 0.29) is 5.91 Å². The summed E-state index contributed by atoms with van der Waals surface area (Å²) in [5, 5.41) is 2.64. The van der Waals surface area contributed by atoms with Gasteiger partial charge in [-0.25, -0.2) is 0 Å². The molecule has 0 saturated carbocycles.